The lowest BCUT2D eigenvalue weighted by Crippen LogP contribution is -2.53. The minimum absolute atomic E-state index is 0.00453. The van der Waals surface area contributed by atoms with Crippen LogP contribution < -0.4 is 14.4 Å². The van der Waals surface area contributed by atoms with E-state index in [0.29, 0.717) is 33.6 Å². The minimum Gasteiger partial charge on any atom is -0.497 e. The number of ether oxygens (including phenoxy) is 1. The Hall–Kier alpha value is -3.27. The second kappa shape index (κ2) is 13.7. The molecule has 39 heavy (non-hydrogen) atoms. The molecular formula is C28H31Cl2N3O5S. The summed E-state index contributed by atoms with van der Waals surface area (Å²) in [6.07, 6.45) is 1.25. The molecule has 0 fully saturated rings. The number of likely N-dealkylation sites (N-methyl/N-ethyl adjacent to an activating group) is 1. The third-order valence-corrected chi connectivity index (χ3v) is 7.88. The first-order chi connectivity index (χ1) is 18.5. The monoisotopic (exact) mass is 591 g/mol. The Bertz CT molecular complexity index is 1390. The highest BCUT2D eigenvalue weighted by Gasteiger charge is 2.33. The number of amides is 2. The molecule has 0 saturated heterocycles. The van der Waals surface area contributed by atoms with Gasteiger partial charge in [-0.15, -0.1) is 0 Å². The number of hydrogen-bond donors (Lipinski definition) is 1. The van der Waals surface area contributed by atoms with Crippen molar-refractivity contribution in [1.82, 2.24) is 10.2 Å². The second-order valence-electron chi connectivity index (χ2n) is 8.84. The van der Waals surface area contributed by atoms with Gasteiger partial charge in [0, 0.05) is 19.5 Å². The Morgan fingerprint density at radius 2 is 1.62 bits per heavy atom. The van der Waals surface area contributed by atoms with Crippen LogP contribution in [0.2, 0.25) is 10.0 Å². The number of benzene rings is 3. The summed E-state index contributed by atoms with van der Waals surface area (Å²) < 4.78 is 31.8. The molecule has 0 aliphatic rings. The third-order valence-electron chi connectivity index (χ3n) is 6.00. The Kier molecular flexibility index (Phi) is 10.6. The Morgan fingerprint density at radius 3 is 2.18 bits per heavy atom. The molecule has 11 heteroatoms. The molecule has 0 saturated carbocycles. The molecule has 8 nitrogen and oxygen atoms in total. The van der Waals surface area contributed by atoms with Crippen LogP contribution in [0.3, 0.4) is 0 Å². The molecule has 0 heterocycles. The van der Waals surface area contributed by atoms with Crippen LogP contribution in [0.15, 0.2) is 72.8 Å². The van der Waals surface area contributed by atoms with Crippen molar-refractivity contribution in [3.05, 3.63) is 94.0 Å². The van der Waals surface area contributed by atoms with Crippen molar-refractivity contribution in [3.8, 4) is 5.75 Å². The molecular weight excluding hydrogens is 561 g/mol. The maximum atomic E-state index is 13.9. The number of halogens is 2. The molecule has 1 N–H and O–H groups in total. The molecule has 3 aromatic rings. The predicted molar refractivity (Wildman–Crippen MR) is 155 cm³/mol. The molecule has 2 amide bonds. The van der Waals surface area contributed by atoms with Crippen LogP contribution in [0.1, 0.15) is 18.1 Å². The lowest BCUT2D eigenvalue weighted by atomic mass is 10.0. The van der Waals surface area contributed by atoms with Crippen LogP contribution in [0.5, 0.6) is 5.75 Å². The Morgan fingerprint density at radius 1 is 0.949 bits per heavy atom. The summed E-state index contributed by atoms with van der Waals surface area (Å²) in [7, 11) is -2.36. The van der Waals surface area contributed by atoms with Crippen molar-refractivity contribution < 1.29 is 22.7 Å². The van der Waals surface area contributed by atoms with Gasteiger partial charge in [0.15, 0.2) is 0 Å². The molecule has 0 aromatic heterocycles. The zero-order valence-corrected chi connectivity index (χ0v) is 24.3. The van der Waals surface area contributed by atoms with Crippen molar-refractivity contribution in [2.45, 2.75) is 25.9 Å². The fraction of sp³-hybridized carbons (Fsp3) is 0.286. The minimum atomic E-state index is -3.86. The van der Waals surface area contributed by atoms with E-state index in [9.17, 15) is 18.0 Å². The molecule has 208 valence electrons. The SMILES string of the molecule is CCNC(=O)C(Cc1ccccc1)N(Cc1ccc(Cl)c(Cl)c1)C(=O)CN(c1ccc(OC)cc1)S(C)(=O)=O. The molecule has 0 aliphatic carbocycles. The number of nitrogens with zero attached hydrogens (tertiary/aromatic N) is 2. The van der Waals surface area contributed by atoms with E-state index in [1.54, 1.807) is 49.4 Å². The summed E-state index contributed by atoms with van der Waals surface area (Å²) >= 11 is 12.3. The molecule has 0 bridgehead atoms. The second-order valence-corrected chi connectivity index (χ2v) is 11.6. The van der Waals surface area contributed by atoms with E-state index in [4.69, 9.17) is 27.9 Å². The summed E-state index contributed by atoms with van der Waals surface area (Å²) in [5.74, 6) is -0.376. The van der Waals surface area contributed by atoms with Crippen LogP contribution in [0.4, 0.5) is 5.69 Å². The number of carbonyl (C=O) groups excluding carboxylic acids is 2. The van der Waals surface area contributed by atoms with Gasteiger partial charge in [-0.2, -0.15) is 0 Å². The molecule has 3 aromatic carbocycles. The van der Waals surface area contributed by atoms with Crippen LogP contribution in [-0.4, -0.2) is 57.6 Å². The first-order valence-corrected chi connectivity index (χ1v) is 14.8. The average molecular weight is 593 g/mol. The van der Waals surface area contributed by atoms with Crippen molar-refractivity contribution in [1.29, 1.82) is 0 Å². The van der Waals surface area contributed by atoms with Gasteiger partial charge < -0.3 is 15.0 Å². The van der Waals surface area contributed by atoms with Gasteiger partial charge in [-0.05, 0) is 54.4 Å². The number of nitrogens with one attached hydrogen (secondary N) is 1. The molecule has 3 rings (SSSR count). The molecule has 0 radical (unpaired) electrons. The Balaban J connectivity index is 2.04. The number of anilines is 1. The summed E-state index contributed by atoms with van der Waals surface area (Å²) in [5.41, 5.74) is 1.77. The number of rotatable bonds is 12. The van der Waals surface area contributed by atoms with Crippen LogP contribution in [-0.2, 0) is 32.6 Å². The molecule has 0 aliphatic heterocycles. The van der Waals surface area contributed by atoms with Gasteiger partial charge in [0.2, 0.25) is 21.8 Å². The highest BCUT2D eigenvalue weighted by molar-refractivity contribution is 7.92. The third kappa shape index (κ3) is 8.36. The first-order valence-electron chi connectivity index (χ1n) is 12.2. The average Bonchev–Trinajstić information content (AvgIpc) is 2.91. The largest absolute Gasteiger partial charge is 0.497 e. The van der Waals surface area contributed by atoms with Crippen LogP contribution >= 0.6 is 23.2 Å². The van der Waals surface area contributed by atoms with E-state index in [2.05, 4.69) is 5.32 Å². The van der Waals surface area contributed by atoms with Gasteiger partial charge in [-0.25, -0.2) is 8.42 Å². The standard InChI is InChI=1S/C28H31Cl2N3O5S/c1-4-31-28(35)26(17-20-8-6-5-7-9-20)32(18-21-10-15-24(29)25(30)16-21)27(34)19-33(39(3,36)37)22-11-13-23(38-2)14-12-22/h5-16,26H,4,17-19H2,1-3H3,(H,31,35). The van der Waals surface area contributed by atoms with Crippen LogP contribution in [0, 0.1) is 0 Å². The Labute approximate surface area is 239 Å². The number of carbonyl (C=O) groups is 2. The fourth-order valence-electron chi connectivity index (χ4n) is 4.04. The lowest BCUT2D eigenvalue weighted by molar-refractivity contribution is -0.140. The quantitative estimate of drug-likeness (QED) is 0.333. The summed E-state index contributed by atoms with van der Waals surface area (Å²) in [6, 6.07) is 19.7. The summed E-state index contributed by atoms with van der Waals surface area (Å²) in [6.45, 7) is 1.64. The smallest absolute Gasteiger partial charge is 0.244 e. The molecule has 1 atom stereocenters. The van der Waals surface area contributed by atoms with Gasteiger partial charge in [-0.1, -0.05) is 59.6 Å². The lowest BCUT2D eigenvalue weighted by Gasteiger charge is -2.33. The normalized spacial score (nSPS) is 11.9. The van der Waals surface area contributed by atoms with Crippen molar-refractivity contribution >= 4 is 50.7 Å². The highest BCUT2D eigenvalue weighted by atomic mass is 35.5. The number of hydrogen-bond acceptors (Lipinski definition) is 5. The van der Waals surface area contributed by atoms with E-state index in [-0.39, 0.29) is 18.9 Å². The maximum absolute atomic E-state index is 13.9. The van der Waals surface area contributed by atoms with E-state index in [1.807, 2.05) is 30.3 Å². The summed E-state index contributed by atoms with van der Waals surface area (Å²) in [4.78, 5) is 28.7. The highest BCUT2D eigenvalue weighted by Crippen LogP contribution is 2.26. The maximum Gasteiger partial charge on any atom is 0.244 e. The van der Waals surface area contributed by atoms with Crippen molar-refractivity contribution in [2.75, 3.05) is 30.8 Å². The van der Waals surface area contributed by atoms with E-state index >= 15 is 0 Å². The van der Waals surface area contributed by atoms with Crippen molar-refractivity contribution in [3.63, 3.8) is 0 Å². The van der Waals surface area contributed by atoms with E-state index < -0.39 is 28.5 Å². The number of sulfonamides is 1. The topological polar surface area (TPSA) is 96.0 Å². The van der Waals surface area contributed by atoms with Gasteiger partial charge in [0.05, 0.1) is 29.1 Å². The van der Waals surface area contributed by atoms with Gasteiger partial charge in [0.1, 0.15) is 18.3 Å². The number of methoxy groups -OCH3 is 1. The molecule has 0 spiro atoms. The fourth-order valence-corrected chi connectivity index (χ4v) is 5.21. The van der Waals surface area contributed by atoms with Crippen molar-refractivity contribution in [2.24, 2.45) is 0 Å². The molecule has 1 unspecified atom stereocenters. The van der Waals surface area contributed by atoms with Gasteiger partial charge in [0.25, 0.3) is 0 Å². The van der Waals surface area contributed by atoms with Gasteiger partial charge in [-0.3, -0.25) is 13.9 Å². The predicted octanol–water partition coefficient (Wildman–Crippen LogP) is 4.54. The summed E-state index contributed by atoms with van der Waals surface area (Å²) in [5, 5.41) is 3.46. The van der Waals surface area contributed by atoms with Crippen LogP contribution in [0.25, 0.3) is 0 Å². The zero-order valence-electron chi connectivity index (χ0n) is 21.9. The van der Waals surface area contributed by atoms with Gasteiger partial charge >= 0.3 is 0 Å². The van der Waals surface area contributed by atoms with E-state index in [1.165, 1.54) is 12.0 Å². The van der Waals surface area contributed by atoms with E-state index in [0.717, 1.165) is 16.1 Å². The first kappa shape index (κ1) is 30.3. The zero-order chi connectivity index (χ0) is 28.6.